The van der Waals surface area contributed by atoms with E-state index in [4.69, 9.17) is 29.0 Å². The topological polar surface area (TPSA) is 121 Å². The Morgan fingerprint density at radius 1 is 1.04 bits per heavy atom. The van der Waals surface area contributed by atoms with E-state index in [0.29, 0.717) is 27.4 Å². The second-order valence-corrected chi connectivity index (χ2v) is 6.46. The number of nitrogens with two attached hydrogens (primary N) is 3. The van der Waals surface area contributed by atoms with Crippen LogP contribution in [0, 0.1) is 5.82 Å². The Balaban J connectivity index is 2.09. The first-order chi connectivity index (χ1) is 13.5. The van der Waals surface area contributed by atoms with Crippen molar-refractivity contribution in [3.05, 3.63) is 71.1 Å². The first kappa shape index (κ1) is 17.7. The van der Waals surface area contributed by atoms with Crippen LogP contribution in [0.2, 0.25) is 5.02 Å². The van der Waals surface area contributed by atoms with Crippen LogP contribution < -0.4 is 22.9 Å². The third-order valence-electron chi connectivity index (χ3n) is 4.38. The average molecular weight is 396 g/mol. The zero-order valence-electron chi connectivity index (χ0n) is 14.5. The van der Waals surface area contributed by atoms with Gasteiger partial charge in [-0.1, -0.05) is 17.7 Å². The highest BCUT2D eigenvalue weighted by atomic mass is 35.5. The molecule has 0 fully saturated rings. The maximum absolute atomic E-state index is 13.4. The Morgan fingerprint density at radius 3 is 2.46 bits per heavy atom. The molecule has 0 spiro atoms. The van der Waals surface area contributed by atoms with Crippen LogP contribution >= 0.6 is 11.6 Å². The molecule has 4 rings (SSSR count). The Morgan fingerprint density at radius 2 is 1.75 bits per heavy atom. The Bertz CT molecular complexity index is 1270. The van der Waals surface area contributed by atoms with Gasteiger partial charge >= 0.3 is 0 Å². The fraction of sp³-hybridized carbons (Fsp3) is 0. The molecule has 28 heavy (non-hydrogen) atoms. The lowest BCUT2D eigenvalue weighted by Gasteiger charge is -2.15. The van der Waals surface area contributed by atoms with Gasteiger partial charge < -0.3 is 17.4 Å². The summed E-state index contributed by atoms with van der Waals surface area (Å²) in [5.74, 6) is 11.3. The third-order valence-corrected chi connectivity index (χ3v) is 4.71. The Labute approximate surface area is 163 Å². The number of anilines is 1. The van der Waals surface area contributed by atoms with Gasteiger partial charge in [-0.05, 0) is 48.0 Å². The van der Waals surface area contributed by atoms with Crippen LogP contribution in [0.25, 0.3) is 33.3 Å². The number of fused-ring (bicyclic) bond motifs is 1. The molecule has 4 aromatic rings. The van der Waals surface area contributed by atoms with Crippen molar-refractivity contribution >= 4 is 28.5 Å². The molecular weight excluding hydrogens is 381 g/mol. The molecule has 0 aliphatic rings. The second-order valence-electron chi connectivity index (χ2n) is 6.05. The second kappa shape index (κ2) is 6.82. The zero-order valence-corrected chi connectivity index (χ0v) is 15.2. The molecular formula is C19H15ClFN7. The molecule has 9 heteroatoms. The summed E-state index contributed by atoms with van der Waals surface area (Å²) in [5, 5.41) is 5.10. The quantitative estimate of drug-likeness (QED) is 0.356. The van der Waals surface area contributed by atoms with E-state index in [0.717, 1.165) is 15.6 Å². The van der Waals surface area contributed by atoms with Crippen LogP contribution in [0.4, 0.5) is 10.3 Å². The van der Waals surface area contributed by atoms with Crippen molar-refractivity contribution in [2.45, 2.75) is 0 Å². The average Bonchev–Trinajstić information content (AvgIpc) is 2.70. The summed E-state index contributed by atoms with van der Waals surface area (Å²) < 4.78 is 14.5. The van der Waals surface area contributed by atoms with Crippen molar-refractivity contribution in [3.63, 3.8) is 0 Å². The molecule has 2 heterocycles. The van der Waals surface area contributed by atoms with Gasteiger partial charge in [-0.3, -0.25) is 4.98 Å². The summed E-state index contributed by atoms with van der Waals surface area (Å²) in [4.78, 5) is 8.69. The lowest BCUT2D eigenvalue weighted by atomic mass is 9.98. The summed E-state index contributed by atoms with van der Waals surface area (Å²) >= 11 is 6.33. The summed E-state index contributed by atoms with van der Waals surface area (Å²) in [7, 11) is 0. The number of hydrogen-bond acceptors (Lipinski definition) is 6. The van der Waals surface area contributed by atoms with E-state index in [1.807, 2.05) is 18.2 Å². The number of benzene rings is 2. The van der Waals surface area contributed by atoms with Crippen molar-refractivity contribution in [1.29, 1.82) is 0 Å². The van der Waals surface area contributed by atoms with Crippen LogP contribution in [0.15, 0.2) is 59.8 Å². The van der Waals surface area contributed by atoms with Crippen molar-refractivity contribution in [2.75, 3.05) is 11.6 Å². The minimum atomic E-state index is -0.365. The highest BCUT2D eigenvalue weighted by molar-refractivity contribution is 6.35. The smallest absolute Gasteiger partial charge is 0.221 e. The van der Waals surface area contributed by atoms with Gasteiger partial charge in [0.2, 0.25) is 5.95 Å². The van der Waals surface area contributed by atoms with E-state index in [2.05, 4.69) is 15.1 Å². The van der Waals surface area contributed by atoms with Gasteiger partial charge in [0.1, 0.15) is 5.82 Å². The predicted octanol–water partition coefficient (Wildman–Crippen LogP) is 2.63. The van der Waals surface area contributed by atoms with Gasteiger partial charge in [-0.2, -0.15) is 5.10 Å². The molecule has 0 bridgehead atoms. The predicted molar refractivity (Wildman–Crippen MR) is 108 cm³/mol. The Hall–Kier alpha value is -3.65. The van der Waals surface area contributed by atoms with E-state index < -0.39 is 0 Å². The number of aromatic nitrogens is 3. The minimum absolute atomic E-state index is 0.00719. The molecule has 0 saturated heterocycles. The highest BCUT2D eigenvalue weighted by Crippen LogP contribution is 2.32. The highest BCUT2D eigenvalue weighted by Gasteiger charge is 2.17. The van der Waals surface area contributed by atoms with Gasteiger partial charge in [0, 0.05) is 17.1 Å². The fourth-order valence-corrected chi connectivity index (χ4v) is 3.24. The minimum Gasteiger partial charge on any atom is -0.368 e. The maximum atomic E-state index is 13.4. The van der Waals surface area contributed by atoms with Gasteiger partial charge in [0.25, 0.3) is 0 Å². The maximum Gasteiger partial charge on any atom is 0.221 e. The van der Waals surface area contributed by atoms with Gasteiger partial charge in [-0.15, -0.1) is 0 Å². The summed E-state index contributed by atoms with van der Waals surface area (Å²) in [6.45, 7) is 0. The van der Waals surface area contributed by atoms with E-state index in [9.17, 15) is 4.39 Å². The molecule has 2 aromatic carbocycles. The van der Waals surface area contributed by atoms with Crippen molar-refractivity contribution in [2.24, 2.45) is 10.9 Å². The molecule has 0 unspecified atom stereocenters. The molecule has 140 valence electrons. The number of pyridine rings is 1. The monoisotopic (exact) mass is 395 g/mol. The molecule has 7 nitrogen and oxygen atoms in total. The summed E-state index contributed by atoms with van der Waals surface area (Å²) in [6.07, 6.45) is 1.63. The van der Waals surface area contributed by atoms with Crippen molar-refractivity contribution in [1.82, 2.24) is 14.6 Å². The first-order valence-corrected chi connectivity index (χ1v) is 8.59. The van der Waals surface area contributed by atoms with E-state index in [1.54, 1.807) is 24.4 Å². The van der Waals surface area contributed by atoms with Crippen LogP contribution in [-0.2, 0) is 0 Å². The fourth-order valence-electron chi connectivity index (χ4n) is 3.04. The lowest BCUT2D eigenvalue weighted by Crippen LogP contribution is -2.34. The van der Waals surface area contributed by atoms with Crippen LogP contribution in [0.5, 0.6) is 0 Å². The number of hydrogen-bond donors (Lipinski definition) is 3. The standard InChI is InChI=1S/C19H15ClFN7/c20-14-7-8-25-15-6-3-11(9-13(14)15)16-17(10-1-4-12(21)5-2-10)26-19(22)28(24)18(16)27-23/h1-9H,23-24H2,(H2,22,26)/b27-18-. The molecule has 0 saturated carbocycles. The SMILES string of the molecule is N/N=c1/c(-c2ccc3nccc(Cl)c3c2)c(-c2ccc(F)cc2)nc(N)n1N. The molecule has 6 N–H and O–H groups in total. The zero-order chi connectivity index (χ0) is 19.8. The van der Waals surface area contributed by atoms with E-state index in [1.165, 1.54) is 12.1 Å². The normalized spacial score (nSPS) is 11.9. The van der Waals surface area contributed by atoms with Crippen molar-refractivity contribution in [3.8, 4) is 22.4 Å². The van der Waals surface area contributed by atoms with Crippen LogP contribution in [0.3, 0.4) is 0 Å². The number of rotatable bonds is 2. The van der Waals surface area contributed by atoms with Crippen molar-refractivity contribution < 1.29 is 4.39 Å². The lowest BCUT2D eigenvalue weighted by molar-refractivity contribution is 0.628. The van der Waals surface area contributed by atoms with Gasteiger partial charge in [-0.25, -0.2) is 14.1 Å². The molecule has 0 aliphatic carbocycles. The summed E-state index contributed by atoms with van der Waals surface area (Å²) in [6, 6.07) is 13.1. The van der Waals surface area contributed by atoms with Crippen LogP contribution in [0.1, 0.15) is 0 Å². The Kier molecular flexibility index (Phi) is 4.32. The first-order valence-electron chi connectivity index (χ1n) is 8.21. The third kappa shape index (κ3) is 2.89. The molecule has 0 amide bonds. The van der Waals surface area contributed by atoms with Gasteiger partial charge in [0.15, 0.2) is 5.49 Å². The molecule has 2 aromatic heterocycles. The summed E-state index contributed by atoms with van der Waals surface area (Å²) in [5.41, 5.74) is 9.21. The van der Waals surface area contributed by atoms with Crippen LogP contribution in [-0.4, -0.2) is 14.6 Å². The van der Waals surface area contributed by atoms with E-state index in [-0.39, 0.29) is 17.3 Å². The number of halogens is 2. The van der Waals surface area contributed by atoms with Gasteiger partial charge in [0.05, 0.1) is 21.8 Å². The molecule has 0 aliphatic heterocycles. The molecule has 0 radical (unpaired) electrons. The van der Waals surface area contributed by atoms with E-state index >= 15 is 0 Å². The molecule has 0 atom stereocenters. The largest absolute Gasteiger partial charge is 0.368 e. The number of nitrogens with zero attached hydrogens (tertiary/aromatic N) is 4. The number of nitrogen functional groups attached to an aromatic ring is 2.